The van der Waals surface area contributed by atoms with Gasteiger partial charge in [0.15, 0.2) is 5.65 Å². The first-order chi connectivity index (χ1) is 17.1. The van der Waals surface area contributed by atoms with Crippen molar-refractivity contribution < 1.29 is 19.4 Å². The van der Waals surface area contributed by atoms with Gasteiger partial charge in [-0.15, -0.1) is 0 Å². The third-order valence-electron chi connectivity index (χ3n) is 6.73. The van der Waals surface area contributed by atoms with Gasteiger partial charge in [-0.2, -0.15) is 9.61 Å². The molecule has 0 bridgehead atoms. The summed E-state index contributed by atoms with van der Waals surface area (Å²) in [6, 6.07) is 5.61. The molecule has 6 heterocycles. The summed E-state index contributed by atoms with van der Waals surface area (Å²) in [6.45, 7) is 1.91. The Balaban J connectivity index is 1.45. The monoisotopic (exact) mass is 477 g/mol. The lowest BCUT2D eigenvalue weighted by molar-refractivity contribution is 0.0605. The van der Waals surface area contributed by atoms with Gasteiger partial charge in [0.2, 0.25) is 0 Å². The Labute approximate surface area is 201 Å². The van der Waals surface area contributed by atoms with Gasteiger partial charge in [0.1, 0.15) is 17.0 Å². The Kier molecular flexibility index (Phi) is 5.59. The summed E-state index contributed by atoms with van der Waals surface area (Å²) in [5.41, 5.74) is 3.25. The van der Waals surface area contributed by atoms with Gasteiger partial charge in [-0.1, -0.05) is 0 Å². The van der Waals surface area contributed by atoms with Crippen LogP contribution in [0, 0.1) is 0 Å². The van der Waals surface area contributed by atoms with Crippen molar-refractivity contribution in [3.8, 4) is 11.3 Å². The molecule has 0 aromatic carbocycles. The van der Waals surface area contributed by atoms with E-state index in [0.717, 1.165) is 36.0 Å². The highest BCUT2D eigenvalue weighted by atomic mass is 16.5. The Hall–Kier alpha value is -3.54. The van der Waals surface area contributed by atoms with Crippen molar-refractivity contribution in [2.24, 2.45) is 0 Å². The van der Waals surface area contributed by atoms with Crippen LogP contribution in [0.1, 0.15) is 29.2 Å². The average molecular weight is 478 g/mol. The van der Waals surface area contributed by atoms with Crippen molar-refractivity contribution in [2.45, 2.75) is 31.0 Å². The number of aliphatic hydroxyl groups excluding tert-OH is 1. The summed E-state index contributed by atoms with van der Waals surface area (Å²) in [7, 11) is 1.80. The van der Waals surface area contributed by atoms with Crippen LogP contribution in [0.3, 0.4) is 0 Å². The van der Waals surface area contributed by atoms with Crippen LogP contribution in [0.5, 0.6) is 0 Å². The van der Waals surface area contributed by atoms with Crippen molar-refractivity contribution in [1.82, 2.24) is 29.5 Å². The van der Waals surface area contributed by atoms with Gasteiger partial charge in [0.05, 0.1) is 49.9 Å². The van der Waals surface area contributed by atoms with Crippen molar-refractivity contribution in [2.75, 3.05) is 38.8 Å². The maximum Gasteiger partial charge on any atom is 0.257 e. The Bertz CT molecular complexity index is 1390. The number of fused-ring (bicyclic) bond motifs is 2. The second-order valence-electron chi connectivity index (χ2n) is 8.95. The maximum atomic E-state index is 13.1. The summed E-state index contributed by atoms with van der Waals surface area (Å²) in [4.78, 5) is 22.6. The molecule has 1 amide bonds. The van der Waals surface area contributed by atoms with E-state index in [1.54, 1.807) is 17.8 Å². The number of carbonyl (C=O) groups is 1. The summed E-state index contributed by atoms with van der Waals surface area (Å²) in [5, 5.41) is 21.4. The second-order valence-corrected chi connectivity index (χ2v) is 8.95. The number of nitrogens with zero attached hydrogens (tertiary/aromatic N) is 5. The lowest BCUT2D eigenvalue weighted by Gasteiger charge is -2.24. The molecule has 2 aliphatic heterocycles. The molecular weight excluding hydrogens is 450 g/mol. The van der Waals surface area contributed by atoms with Crippen LogP contribution in [-0.4, -0.2) is 80.8 Å². The Morgan fingerprint density at radius 2 is 2.14 bits per heavy atom. The smallest absolute Gasteiger partial charge is 0.257 e. The molecule has 11 nitrogen and oxygen atoms in total. The number of rotatable bonds is 5. The number of hydrogen-bond donors (Lipinski definition) is 3. The van der Waals surface area contributed by atoms with E-state index in [4.69, 9.17) is 14.5 Å². The summed E-state index contributed by atoms with van der Waals surface area (Å²) in [5.74, 6) is 0.337. The van der Waals surface area contributed by atoms with E-state index in [2.05, 4.69) is 31.5 Å². The lowest BCUT2D eigenvalue weighted by Crippen LogP contribution is -2.42. The molecule has 2 aliphatic rings. The second kappa shape index (κ2) is 8.91. The number of ether oxygens (including phenoxy) is 2. The van der Waals surface area contributed by atoms with Crippen LogP contribution in [-0.2, 0) is 9.47 Å². The van der Waals surface area contributed by atoms with Gasteiger partial charge in [-0.25, -0.2) is 9.97 Å². The van der Waals surface area contributed by atoms with Crippen molar-refractivity contribution in [3.63, 3.8) is 0 Å². The molecule has 2 saturated heterocycles. The average Bonchev–Trinajstić information content (AvgIpc) is 3.61. The van der Waals surface area contributed by atoms with Gasteiger partial charge >= 0.3 is 0 Å². The fourth-order valence-corrected chi connectivity index (χ4v) is 4.87. The van der Waals surface area contributed by atoms with Crippen LogP contribution in [0.15, 0.2) is 36.8 Å². The predicted octanol–water partition coefficient (Wildman–Crippen LogP) is 1.63. The summed E-state index contributed by atoms with van der Waals surface area (Å²) in [6.07, 6.45) is 6.67. The molecule has 1 unspecified atom stereocenters. The number of anilines is 1. The van der Waals surface area contributed by atoms with E-state index in [1.165, 1.54) is 6.20 Å². The third-order valence-corrected chi connectivity index (χ3v) is 6.73. The number of aromatic nitrogens is 5. The minimum absolute atomic E-state index is 0.205. The molecule has 6 rings (SSSR count). The molecular formula is C24H27N7O4. The quantitative estimate of drug-likeness (QED) is 0.396. The number of hydrogen-bond acceptors (Lipinski definition) is 8. The molecule has 0 saturated carbocycles. The molecule has 3 N–H and O–H groups in total. The van der Waals surface area contributed by atoms with Gasteiger partial charge in [-0.05, 0) is 25.0 Å². The van der Waals surface area contributed by atoms with E-state index in [1.807, 2.05) is 18.2 Å². The molecule has 0 spiro atoms. The standard InChI is InChI=1S/C24H27N7O4/c1-25-21-8-18(17-10-30(14-4-3-7-34-11-14)22-15(17)5-2-6-26-22)28-23-16(9-27-31(21)23)24(33)29-19-12-35-13-20(19)32/h2,5-6,8-10,14,19-20,25,32H,3-4,7,11-13H2,1H3,(H,29,33)/t14-,19?,20+/m0/s1. The molecule has 182 valence electrons. The molecule has 11 heteroatoms. The highest BCUT2D eigenvalue weighted by Crippen LogP contribution is 2.34. The highest BCUT2D eigenvalue weighted by Gasteiger charge is 2.29. The normalized spacial score (nSPS) is 22.6. The van der Waals surface area contributed by atoms with Crippen molar-refractivity contribution in [3.05, 3.63) is 42.4 Å². The number of nitrogens with one attached hydrogen (secondary N) is 2. The van der Waals surface area contributed by atoms with Crippen LogP contribution in [0.25, 0.3) is 27.9 Å². The predicted molar refractivity (Wildman–Crippen MR) is 128 cm³/mol. The van der Waals surface area contributed by atoms with E-state index < -0.39 is 12.1 Å². The SMILES string of the molecule is CNc1cc(-c2cn([C@H]3CCCOC3)c3ncccc23)nc2c(C(=O)NC3COC[C@H]3O)cnn12. The first kappa shape index (κ1) is 22.0. The van der Waals surface area contributed by atoms with Crippen LogP contribution >= 0.6 is 0 Å². The zero-order valence-electron chi connectivity index (χ0n) is 19.3. The number of pyridine rings is 1. The van der Waals surface area contributed by atoms with E-state index in [-0.39, 0.29) is 25.2 Å². The zero-order valence-corrected chi connectivity index (χ0v) is 19.3. The maximum absolute atomic E-state index is 13.1. The van der Waals surface area contributed by atoms with Gasteiger partial charge in [0, 0.05) is 43.1 Å². The lowest BCUT2D eigenvalue weighted by atomic mass is 10.1. The minimum Gasteiger partial charge on any atom is -0.388 e. The zero-order chi connectivity index (χ0) is 23.9. The number of aliphatic hydroxyl groups is 1. The molecule has 4 aromatic heterocycles. The molecule has 3 atom stereocenters. The largest absolute Gasteiger partial charge is 0.388 e. The fourth-order valence-electron chi connectivity index (χ4n) is 4.87. The minimum atomic E-state index is -0.737. The number of carbonyl (C=O) groups excluding carboxylic acids is 1. The van der Waals surface area contributed by atoms with Crippen molar-refractivity contribution >= 4 is 28.4 Å². The van der Waals surface area contributed by atoms with Gasteiger partial charge in [0.25, 0.3) is 5.91 Å². The molecule has 0 radical (unpaired) electrons. The molecule has 0 aliphatic carbocycles. The van der Waals surface area contributed by atoms with Gasteiger partial charge < -0.3 is 29.8 Å². The van der Waals surface area contributed by atoms with Crippen LogP contribution < -0.4 is 10.6 Å². The third kappa shape index (κ3) is 3.81. The van der Waals surface area contributed by atoms with E-state index in [9.17, 15) is 9.90 Å². The first-order valence-electron chi connectivity index (χ1n) is 11.8. The summed E-state index contributed by atoms with van der Waals surface area (Å²) >= 11 is 0. The van der Waals surface area contributed by atoms with Crippen LogP contribution in [0.4, 0.5) is 5.82 Å². The molecule has 4 aromatic rings. The van der Waals surface area contributed by atoms with Crippen LogP contribution in [0.2, 0.25) is 0 Å². The number of amides is 1. The summed E-state index contributed by atoms with van der Waals surface area (Å²) < 4.78 is 14.8. The van der Waals surface area contributed by atoms with E-state index in [0.29, 0.717) is 29.3 Å². The van der Waals surface area contributed by atoms with Gasteiger partial charge in [-0.3, -0.25) is 4.79 Å². The fraction of sp³-hybridized carbons (Fsp3) is 0.417. The topological polar surface area (TPSA) is 128 Å². The molecule has 2 fully saturated rings. The Morgan fingerprint density at radius 3 is 2.91 bits per heavy atom. The van der Waals surface area contributed by atoms with Crippen molar-refractivity contribution in [1.29, 1.82) is 0 Å². The Morgan fingerprint density at radius 1 is 1.23 bits per heavy atom. The first-order valence-corrected chi connectivity index (χ1v) is 11.8. The van der Waals surface area contributed by atoms with E-state index >= 15 is 0 Å². The molecule has 35 heavy (non-hydrogen) atoms. The highest BCUT2D eigenvalue weighted by molar-refractivity contribution is 6.01.